The summed E-state index contributed by atoms with van der Waals surface area (Å²) < 4.78 is 0. The number of nitrogens with zero attached hydrogens (tertiary/aromatic N) is 1. The van der Waals surface area contributed by atoms with Gasteiger partial charge in [-0.2, -0.15) is 0 Å². The second-order valence-corrected chi connectivity index (χ2v) is 6.75. The van der Waals surface area contributed by atoms with Crippen molar-refractivity contribution in [2.75, 3.05) is 13.1 Å². The average molecular weight is 250 g/mol. The van der Waals surface area contributed by atoms with Gasteiger partial charge < -0.3 is 10.2 Å². The van der Waals surface area contributed by atoms with E-state index >= 15 is 0 Å². The van der Waals surface area contributed by atoms with Crippen molar-refractivity contribution in [3.63, 3.8) is 0 Å². The van der Waals surface area contributed by atoms with Gasteiger partial charge in [0.15, 0.2) is 0 Å². The van der Waals surface area contributed by atoms with Crippen molar-refractivity contribution >= 4 is 5.91 Å². The van der Waals surface area contributed by atoms with Gasteiger partial charge in [0.2, 0.25) is 5.91 Å². The van der Waals surface area contributed by atoms with Crippen LogP contribution in [-0.4, -0.2) is 36.0 Å². The van der Waals surface area contributed by atoms with Crippen molar-refractivity contribution in [1.29, 1.82) is 0 Å². The molecule has 1 aliphatic carbocycles. The predicted molar refractivity (Wildman–Crippen MR) is 72.3 cm³/mol. The molecule has 4 atom stereocenters. The van der Waals surface area contributed by atoms with E-state index in [0.29, 0.717) is 23.9 Å². The molecule has 0 aromatic heterocycles. The molecule has 2 heterocycles. The fraction of sp³-hybridized carbons (Fsp3) is 0.933. The van der Waals surface area contributed by atoms with E-state index in [1.54, 1.807) is 0 Å². The number of likely N-dealkylation sites (tertiary alicyclic amines) is 1. The smallest absolute Gasteiger partial charge is 0.222 e. The molecule has 3 nitrogen and oxygen atoms in total. The Hall–Kier alpha value is -0.570. The Bertz CT molecular complexity index is 318. The molecule has 2 bridgehead atoms. The summed E-state index contributed by atoms with van der Waals surface area (Å²) in [5, 5.41) is 3.64. The Morgan fingerprint density at radius 1 is 1.17 bits per heavy atom. The van der Waals surface area contributed by atoms with Gasteiger partial charge >= 0.3 is 0 Å². The number of amides is 1. The quantitative estimate of drug-likeness (QED) is 0.814. The number of fused-ring (bicyclic) bond motifs is 2. The summed E-state index contributed by atoms with van der Waals surface area (Å²) in [6.45, 7) is 4.26. The molecule has 102 valence electrons. The molecule has 3 heteroatoms. The summed E-state index contributed by atoms with van der Waals surface area (Å²) in [5.41, 5.74) is 0. The van der Waals surface area contributed by atoms with E-state index in [-0.39, 0.29) is 0 Å². The molecule has 0 aromatic rings. The average Bonchev–Trinajstić information content (AvgIpc) is 2.85. The van der Waals surface area contributed by atoms with E-state index in [2.05, 4.69) is 17.1 Å². The van der Waals surface area contributed by atoms with Crippen LogP contribution in [0.2, 0.25) is 0 Å². The molecule has 0 spiro atoms. The number of rotatable bonds is 2. The highest BCUT2D eigenvalue weighted by Gasteiger charge is 2.32. The number of carbonyl (C=O) groups is 1. The summed E-state index contributed by atoms with van der Waals surface area (Å²) in [7, 11) is 0. The molecule has 0 aromatic carbocycles. The third kappa shape index (κ3) is 2.71. The first-order valence-corrected chi connectivity index (χ1v) is 7.74. The third-order valence-corrected chi connectivity index (χ3v) is 5.14. The van der Waals surface area contributed by atoms with Crippen LogP contribution in [0.25, 0.3) is 0 Å². The van der Waals surface area contributed by atoms with Gasteiger partial charge in [-0.1, -0.05) is 13.3 Å². The van der Waals surface area contributed by atoms with Crippen molar-refractivity contribution in [2.24, 2.45) is 11.8 Å². The second kappa shape index (κ2) is 5.20. The van der Waals surface area contributed by atoms with Crippen molar-refractivity contribution < 1.29 is 4.79 Å². The molecule has 3 aliphatic rings. The van der Waals surface area contributed by atoms with E-state index < -0.39 is 0 Å². The Labute approximate surface area is 110 Å². The first-order chi connectivity index (χ1) is 8.70. The highest BCUT2D eigenvalue weighted by Crippen LogP contribution is 2.33. The van der Waals surface area contributed by atoms with Crippen molar-refractivity contribution in [3.05, 3.63) is 0 Å². The van der Waals surface area contributed by atoms with Crippen molar-refractivity contribution in [2.45, 2.75) is 64.0 Å². The SMILES string of the molecule is CC1CCC(CC(=O)N2CCC3CCC(C2)N3)C1. The van der Waals surface area contributed by atoms with Crippen LogP contribution in [0, 0.1) is 11.8 Å². The number of hydrogen-bond acceptors (Lipinski definition) is 2. The van der Waals surface area contributed by atoms with Gasteiger partial charge in [-0.3, -0.25) is 4.79 Å². The first-order valence-electron chi connectivity index (χ1n) is 7.74. The largest absolute Gasteiger partial charge is 0.341 e. The summed E-state index contributed by atoms with van der Waals surface area (Å²) in [6, 6.07) is 1.25. The molecular weight excluding hydrogens is 224 g/mol. The fourth-order valence-electron chi connectivity index (χ4n) is 4.06. The van der Waals surface area contributed by atoms with E-state index in [1.165, 1.54) is 32.1 Å². The maximum absolute atomic E-state index is 12.4. The molecular formula is C15H26N2O. The summed E-state index contributed by atoms with van der Waals surface area (Å²) in [6.07, 6.45) is 8.39. The van der Waals surface area contributed by atoms with Gasteiger partial charge in [-0.05, 0) is 43.9 Å². The van der Waals surface area contributed by atoms with Crippen LogP contribution < -0.4 is 5.32 Å². The van der Waals surface area contributed by atoms with Gasteiger partial charge in [-0.25, -0.2) is 0 Å². The van der Waals surface area contributed by atoms with Crippen LogP contribution in [-0.2, 0) is 4.79 Å². The zero-order chi connectivity index (χ0) is 12.5. The normalized spacial score (nSPS) is 39.9. The Balaban J connectivity index is 1.52. The van der Waals surface area contributed by atoms with E-state index in [0.717, 1.165) is 31.8 Å². The van der Waals surface area contributed by atoms with Crippen molar-refractivity contribution in [1.82, 2.24) is 10.2 Å². The lowest BCUT2D eigenvalue weighted by Crippen LogP contribution is -2.39. The monoisotopic (exact) mass is 250 g/mol. The fourth-order valence-corrected chi connectivity index (χ4v) is 4.06. The Kier molecular flexibility index (Phi) is 3.60. The molecule has 4 unspecified atom stereocenters. The molecule has 3 fully saturated rings. The van der Waals surface area contributed by atoms with E-state index in [9.17, 15) is 4.79 Å². The lowest BCUT2D eigenvalue weighted by atomic mass is 10.0. The van der Waals surface area contributed by atoms with Crippen molar-refractivity contribution in [3.8, 4) is 0 Å². The molecule has 0 radical (unpaired) electrons. The topological polar surface area (TPSA) is 32.3 Å². The number of carbonyl (C=O) groups excluding carboxylic acids is 1. The maximum atomic E-state index is 12.4. The predicted octanol–water partition coefficient (Wildman–Crippen LogP) is 2.17. The molecule has 2 aliphatic heterocycles. The minimum atomic E-state index is 0.420. The van der Waals surface area contributed by atoms with Crippen LogP contribution in [0.4, 0.5) is 0 Å². The van der Waals surface area contributed by atoms with Crippen LogP contribution in [0.1, 0.15) is 51.9 Å². The third-order valence-electron chi connectivity index (χ3n) is 5.14. The van der Waals surface area contributed by atoms with Gasteiger partial charge in [0.05, 0.1) is 0 Å². The van der Waals surface area contributed by atoms with Crippen LogP contribution in [0.5, 0.6) is 0 Å². The highest BCUT2D eigenvalue weighted by atomic mass is 16.2. The minimum absolute atomic E-state index is 0.420. The first kappa shape index (κ1) is 12.5. The van der Waals surface area contributed by atoms with Crippen LogP contribution in [0.15, 0.2) is 0 Å². The summed E-state index contributed by atoms with van der Waals surface area (Å²) in [4.78, 5) is 14.5. The van der Waals surface area contributed by atoms with Crippen LogP contribution in [0.3, 0.4) is 0 Å². The Morgan fingerprint density at radius 2 is 2.00 bits per heavy atom. The van der Waals surface area contributed by atoms with Gasteiger partial charge in [0.1, 0.15) is 0 Å². The summed E-state index contributed by atoms with van der Waals surface area (Å²) in [5.74, 6) is 1.92. The minimum Gasteiger partial charge on any atom is -0.341 e. The lowest BCUT2D eigenvalue weighted by Gasteiger charge is -2.25. The number of hydrogen-bond donors (Lipinski definition) is 1. The Morgan fingerprint density at radius 3 is 2.78 bits per heavy atom. The van der Waals surface area contributed by atoms with Crippen LogP contribution >= 0.6 is 0 Å². The van der Waals surface area contributed by atoms with E-state index in [1.807, 2.05) is 0 Å². The molecule has 1 saturated carbocycles. The zero-order valence-corrected chi connectivity index (χ0v) is 11.5. The number of nitrogens with one attached hydrogen (secondary N) is 1. The van der Waals surface area contributed by atoms with Gasteiger partial charge in [0.25, 0.3) is 0 Å². The molecule has 1 amide bonds. The molecule has 18 heavy (non-hydrogen) atoms. The lowest BCUT2D eigenvalue weighted by molar-refractivity contribution is -0.132. The summed E-state index contributed by atoms with van der Waals surface area (Å²) >= 11 is 0. The highest BCUT2D eigenvalue weighted by molar-refractivity contribution is 5.76. The second-order valence-electron chi connectivity index (χ2n) is 6.75. The van der Waals surface area contributed by atoms with Gasteiger partial charge in [-0.15, -0.1) is 0 Å². The standard InChI is InChI=1S/C15H26N2O/c1-11-2-3-12(8-11)9-15(18)17-7-6-13-4-5-14(10-17)16-13/h11-14,16H,2-10H2,1H3. The molecule has 1 N–H and O–H groups in total. The van der Waals surface area contributed by atoms with Gasteiger partial charge in [0, 0.05) is 31.6 Å². The molecule has 3 rings (SSSR count). The molecule has 2 saturated heterocycles. The maximum Gasteiger partial charge on any atom is 0.222 e. The van der Waals surface area contributed by atoms with E-state index in [4.69, 9.17) is 0 Å². The zero-order valence-electron chi connectivity index (χ0n) is 11.5.